The van der Waals surface area contributed by atoms with Crippen molar-refractivity contribution in [3.63, 3.8) is 0 Å². The van der Waals surface area contributed by atoms with Crippen LogP contribution in [-0.4, -0.2) is 19.1 Å². The Labute approximate surface area is 164 Å². The van der Waals surface area contributed by atoms with Crippen molar-refractivity contribution in [1.82, 2.24) is 5.32 Å². The smallest absolute Gasteiger partial charge is 0.255 e. The molecule has 4 rings (SSSR count). The zero-order valence-electron chi connectivity index (χ0n) is 16.1. The van der Waals surface area contributed by atoms with Crippen LogP contribution in [0.2, 0.25) is 0 Å². The highest BCUT2D eigenvalue weighted by Crippen LogP contribution is 2.33. The lowest BCUT2D eigenvalue weighted by molar-refractivity contribution is 0.0949. The van der Waals surface area contributed by atoms with Gasteiger partial charge in [0.1, 0.15) is 11.5 Å². The first kappa shape index (κ1) is 18.2. The van der Waals surface area contributed by atoms with Crippen LogP contribution in [-0.2, 0) is 19.5 Å². The van der Waals surface area contributed by atoms with Crippen molar-refractivity contribution in [2.24, 2.45) is 0 Å². The maximum Gasteiger partial charge on any atom is 0.255 e. The van der Waals surface area contributed by atoms with Crippen LogP contribution in [0.5, 0.6) is 5.75 Å². The number of nitrogens with one attached hydrogen (secondary N) is 1. The fourth-order valence-corrected chi connectivity index (χ4v) is 3.75. The van der Waals surface area contributed by atoms with Crippen LogP contribution in [0.25, 0.3) is 0 Å². The highest BCUT2D eigenvalue weighted by atomic mass is 16.5. The number of rotatable bonds is 6. The van der Waals surface area contributed by atoms with Crippen LogP contribution < -0.4 is 15.0 Å². The molecule has 0 saturated carbocycles. The number of carbonyl (C=O) groups excluding carboxylic acids is 1. The van der Waals surface area contributed by atoms with E-state index < -0.39 is 0 Å². The number of methoxy groups -OCH3 is 1. The second-order valence-electron chi connectivity index (χ2n) is 7.10. The Morgan fingerprint density at radius 3 is 2.93 bits per heavy atom. The van der Waals surface area contributed by atoms with E-state index >= 15 is 0 Å². The van der Waals surface area contributed by atoms with Crippen molar-refractivity contribution in [3.8, 4) is 5.75 Å². The molecule has 1 aliphatic rings. The molecular formula is C23H24N2O3. The van der Waals surface area contributed by atoms with Crippen LogP contribution in [0.4, 0.5) is 5.69 Å². The largest absolute Gasteiger partial charge is 0.497 e. The maximum atomic E-state index is 12.7. The Morgan fingerprint density at radius 2 is 2.07 bits per heavy atom. The molecule has 5 nitrogen and oxygen atoms in total. The number of amides is 1. The van der Waals surface area contributed by atoms with Gasteiger partial charge in [-0.05, 0) is 48.7 Å². The summed E-state index contributed by atoms with van der Waals surface area (Å²) in [7, 11) is 1.63. The Morgan fingerprint density at radius 1 is 1.21 bits per heavy atom. The Hall–Kier alpha value is -3.21. The number of hydrogen-bond donors (Lipinski definition) is 1. The summed E-state index contributed by atoms with van der Waals surface area (Å²) in [5, 5.41) is 2.98. The quantitative estimate of drug-likeness (QED) is 0.702. The zero-order chi connectivity index (χ0) is 19.5. The van der Waals surface area contributed by atoms with E-state index in [0.717, 1.165) is 17.7 Å². The third-order valence-corrected chi connectivity index (χ3v) is 5.24. The van der Waals surface area contributed by atoms with E-state index in [1.165, 1.54) is 11.3 Å². The number of carbonyl (C=O) groups is 1. The molecule has 144 valence electrons. The number of hydrogen-bond acceptors (Lipinski definition) is 4. The Kier molecular flexibility index (Phi) is 5.06. The number of ether oxygens (including phenoxy) is 1. The molecule has 0 fully saturated rings. The lowest BCUT2D eigenvalue weighted by atomic mass is 10.1. The van der Waals surface area contributed by atoms with Gasteiger partial charge in [0.2, 0.25) is 0 Å². The third kappa shape index (κ3) is 3.60. The normalized spacial score (nSPS) is 15.4. The van der Waals surface area contributed by atoms with Gasteiger partial charge in [-0.3, -0.25) is 4.79 Å². The van der Waals surface area contributed by atoms with Crippen LogP contribution in [0, 0.1) is 0 Å². The predicted molar refractivity (Wildman–Crippen MR) is 109 cm³/mol. The van der Waals surface area contributed by atoms with Gasteiger partial charge in [0.25, 0.3) is 5.91 Å². The molecule has 3 aromatic rings. The van der Waals surface area contributed by atoms with Gasteiger partial charge in [0.15, 0.2) is 0 Å². The van der Waals surface area contributed by atoms with Crippen molar-refractivity contribution < 1.29 is 13.9 Å². The van der Waals surface area contributed by atoms with E-state index in [9.17, 15) is 4.79 Å². The van der Waals surface area contributed by atoms with Crippen LogP contribution in [0.15, 0.2) is 65.3 Å². The second-order valence-corrected chi connectivity index (χ2v) is 7.10. The zero-order valence-corrected chi connectivity index (χ0v) is 16.1. The molecule has 2 heterocycles. The van der Waals surface area contributed by atoms with E-state index in [2.05, 4.69) is 35.3 Å². The first-order valence-corrected chi connectivity index (χ1v) is 9.47. The van der Waals surface area contributed by atoms with Gasteiger partial charge >= 0.3 is 0 Å². The van der Waals surface area contributed by atoms with Crippen LogP contribution >= 0.6 is 0 Å². The minimum Gasteiger partial charge on any atom is -0.497 e. The molecule has 0 bridgehead atoms. The van der Waals surface area contributed by atoms with Gasteiger partial charge in [-0.25, -0.2) is 0 Å². The van der Waals surface area contributed by atoms with Gasteiger partial charge in [0, 0.05) is 18.3 Å². The highest BCUT2D eigenvalue weighted by Gasteiger charge is 2.27. The average Bonchev–Trinajstić information content (AvgIpc) is 3.31. The molecule has 0 spiro atoms. The first-order chi connectivity index (χ1) is 13.7. The molecule has 1 aromatic heterocycles. The topological polar surface area (TPSA) is 54.7 Å². The standard InChI is InChI=1S/C23H24N2O3/c1-16-12-18-7-3-4-9-21(18)25(16)15-22-20(10-11-28-22)23(26)24-14-17-6-5-8-19(13-17)27-2/h3-11,13,16H,12,14-15H2,1-2H3,(H,24,26). The third-order valence-electron chi connectivity index (χ3n) is 5.24. The second kappa shape index (κ2) is 7.80. The fourth-order valence-electron chi connectivity index (χ4n) is 3.75. The number of fused-ring (bicyclic) bond motifs is 1. The summed E-state index contributed by atoms with van der Waals surface area (Å²) in [6.07, 6.45) is 2.59. The lowest BCUT2D eigenvalue weighted by Gasteiger charge is -2.24. The van der Waals surface area contributed by atoms with Gasteiger partial charge in [-0.1, -0.05) is 30.3 Å². The molecule has 28 heavy (non-hydrogen) atoms. The van der Waals surface area contributed by atoms with Crippen molar-refractivity contribution in [2.75, 3.05) is 12.0 Å². The minimum absolute atomic E-state index is 0.133. The van der Waals surface area contributed by atoms with E-state index in [1.54, 1.807) is 19.4 Å². The molecule has 1 unspecified atom stereocenters. The number of benzene rings is 2. The van der Waals surface area contributed by atoms with Gasteiger partial charge in [-0.15, -0.1) is 0 Å². The van der Waals surface area contributed by atoms with Gasteiger partial charge in [-0.2, -0.15) is 0 Å². The predicted octanol–water partition coefficient (Wildman–Crippen LogP) is 4.17. The van der Waals surface area contributed by atoms with Gasteiger partial charge < -0.3 is 19.4 Å². The van der Waals surface area contributed by atoms with E-state index in [4.69, 9.17) is 9.15 Å². The molecule has 0 saturated heterocycles. The molecule has 5 heteroatoms. The van der Waals surface area contributed by atoms with Crippen molar-refractivity contribution in [2.45, 2.75) is 32.5 Å². The Bertz CT molecular complexity index is 979. The van der Waals surface area contributed by atoms with Crippen LogP contribution in [0.1, 0.15) is 34.2 Å². The molecule has 1 aliphatic heterocycles. The molecular weight excluding hydrogens is 352 g/mol. The average molecular weight is 376 g/mol. The molecule has 0 radical (unpaired) electrons. The molecule has 1 amide bonds. The summed E-state index contributed by atoms with van der Waals surface area (Å²) in [6, 6.07) is 18.2. The maximum absolute atomic E-state index is 12.7. The molecule has 2 aromatic carbocycles. The molecule has 1 atom stereocenters. The summed E-state index contributed by atoms with van der Waals surface area (Å²) < 4.78 is 10.9. The summed E-state index contributed by atoms with van der Waals surface area (Å²) in [5.41, 5.74) is 4.12. The van der Waals surface area contributed by atoms with Crippen molar-refractivity contribution >= 4 is 11.6 Å². The number of furan rings is 1. The summed E-state index contributed by atoms with van der Waals surface area (Å²) in [5.74, 6) is 1.33. The first-order valence-electron chi connectivity index (χ1n) is 9.47. The number of nitrogens with zero attached hydrogens (tertiary/aromatic N) is 1. The fraction of sp³-hybridized carbons (Fsp3) is 0.261. The lowest BCUT2D eigenvalue weighted by Crippen LogP contribution is -2.30. The molecule has 1 N–H and O–H groups in total. The SMILES string of the molecule is COc1cccc(CNC(=O)c2ccoc2CN2c3ccccc3CC2C)c1. The minimum atomic E-state index is -0.133. The van der Waals surface area contributed by atoms with Crippen molar-refractivity contribution in [1.29, 1.82) is 0 Å². The van der Waals surface area contributed by atoms with Crippen molar-refractivity contribution in [3.05, 3.63) is 83.3 Å². The van der Waals surface area contributed by atoms with Crippen LogP contribution in [0.3, 0.4) is 0 Å². The summed E-state index contributed by atoms with van der Waals surface area (Å²) >= 11 is 0. The number of anilines is 1. The Balaban J connectivity index is 1.46. The van der Waals surface area contributed by atoms with Gasteiger partial charge in [0.05, 0.1) is 25.5 Å². The van der Waals surface area contributed by atoms with E-state index in [-0.39, 0.29) is 5.91 Å². The summed E-state index contributed by atoms with van der Waals surface area (Å²) in [4.78, 5) is 15.0. The summed E-state index contributed by atoms with van der Waals surface area (Å²) in [6.45, 7) is 3.21. The van der Waals surface area contributed by atoms with E-state index in [1.807, 2.05) is 30.3 Å². The molecule has 0 aliphatic carbocycles. The van der Waals surface area contributed by atoms with E-state index in [0.29, 0.717) is 30.5 Å². The number of para-hydroxylation sites is 1. The monoisotopic (exact) mass is 376 g/mol. The highest BCUT2D eigenvalue weighted by molar-refractivity contribution is 5.95.